The number of benzene rings is 1. The number of nitrogens with one attached hydrogen (secondary N) is 1. The minimum absolute atomic E-state index is 0.0432. The van der Waals surface area contributed by atoms with Gasteiger partial charge in [-0.05, 0) is 32.3 Å². The summed E-state index contributed by atoms with van der Waals surface area (Å²) < 4.78 is 0. The van der Waals surface area contributed by atoms with Crippen LogP contribution in [0.3, 0.4) is 0 Å². The highest BCUT2D eigenvalue weighted by Crippen LogP contribution is 2.09. The number of amides is 1. The second-order valence-corrected chi connectivity index (χ2v) is 6.78. The monoisotopic (exact) mass is 330 g/mol. The minimum atomic E-state index is -0.0432. The lowest BCUT2D eigenvalue weighted by Gasteiger charge is -2.32. The molecule has 1 heterocycles. The molecular weight excluding hydrogens is 300 g/mol. The topological polar surface area (TPSA) is 38.8 Å². The van der Waals surface area contributed by atoms with Gasteiger partial charge in [0.05, 0.1) is 0 Å². The van der Waals surface area contributed by atoms with E-state index in [1.807, 2.05) is 25.1 Å². The van der Waals surface area contributed by atoms with Crippen LogP contribution in [0.15, 0.2) is 36.4 Å². The maximum absolute atomic E-state index is 11.7. The Hall–Kier alpha value is -1.69. The number of nitrogens with zero attached hydrogens (tertiary/aromatic N) is 3. The lowest BCUT2D eigenvalue weighted by molar-refractivity contribution is -0.116. The Bertz CT molecular complexity index is 531. The summed E-state index contributed by atoms with van der Waals surface area (Å²) in [4.78, 5) is 18.6. The molecule has 1 aliphatic rings. The van der Waals surface area contributed by atoms with Gasteiger partial charge in [0.15, 0.2) is 0 Å². The maximum atomic E-state index is 11.7. The summed E-state index contributed by atoms with van der Waals surface area (Å²) in [6.45, 7) is 6.90. The Kier molecular flexibility index (Phi) is 7.43. The Labute approximate surface area is 145 Å². The summed E-state index contributed by atoms with van der Waals surface area (Å²) in [5, 5.41) is 2.92. The van der Waals surface area contributed by atoms with E-state index in [1.165, 1.54) is 5.56 Å². The van der Waals surface area contributed by atoms with Gasteiger partial charge in [0.2, 0.25) is 5.91 Å². The fourth-order valence-electron chi connectivity index (χ4n) is 2.65. The van der Waals surface area contributed by atoms with E-state index in [1.54, 1.807) is 6.08 Å². The Morgan fingerprint density at radius 3 is 2.38 bits per heavy atom. The largest absolute Gasteiger partial charge is 0.348 e. The fraction of sp³-hybridized carbons (Fsp3) is 0.526. The molecule has 1 fully saturated rings. The summed E-state index contributed by atoms with van der Waals surface area (Å²) in [6, 6.07) is 8.55. The number of hydrogen-bond acceptors (Lipinski definition) is 4. The van der Waals surface area contributed by atoms with E-state index in [0.29, 0.717) is 6.54 Å². The highest BCUT2D eigenvalue weighted by molar-refractivity contribution is 5.87. The van der Waals surface area contributed by atoms with E-state index >= 15 is 0 Å². The number of carbonyl (C=O) groups is 1. The highest BCUT2D eigenvalue weighted by atomic mass is 16.1. The van der Waals surface area contributed by atoms with Crippen LogP contribution in [0, 0.1) is 0 Å². The van der Waals surface area contributed by atoms with E-state index < -0.39 is 0 Å². The fourth-order valence-corrected chi connectivity index (χ4v) is 2.65. The molecule has 2 rings (SSSR count). The maximum Gasteiger partial charge on any atom is 0.243 e. The van der Waals surface area contributed by atoms with Crippen LogP contribution in [0.4, 0.5) is 0 Å². The lowest BCUT2D eigenvalue weighted by Crippen LogP contribution is -2.43. The van der Waals surface area contributed by atoms with Crippen molar-refractivity contribution in [2.24, 2.45) is 0 Å². The smallest absolute Gasteiger partial charge is 0.243 e. The van der Waals surface area contributed by atoms with Gasteiger partial charge in [0.25, 0.3) is 0 Å². The number of piperazine rings is 1. The van der Waals surface area contributed by atoms with Gasteiger partial charge in [-0.15, -0.1) is 0 Å². The molecule has 0 atom stereocenters. The molecule has 0 unspecified atom stereocenters. The van der Waals surface area contributed by atoms with Gasteiger partial charge >= 0.3 is 0 Å². The zero-order chi connectivity index (χ0) is 17.4. The molecule has 1 aliphatic heterocycles. The molecule has 0 aromatic heterocycles. The molecule has 0 spiro atoms. The van der Waals surface area contributed by atoms with Crippen LogP contribution < -0.4 is 5.32 Å². The molecule has 1 aromatic rings. The number of rotatable bonds is 7. The van der Waals surface area contributed by atoms with Crippen molar-refractivity contribution in [3.05, 3.63) is 47.5 Å². The second kappa shape index (κ2) is 9.57. The van der Waals surface area contributed by atoms with Gasteiger partial charge in [-0.1, -0.05) is 30.3 Å². The van der Waals surface area contributed by atoms with Gasteiger partial charge in [0.1, 0.15) is 0 Å². The highest BCUT2D eigenvalue weighted by Gasteiger charge is 2.13. The van der Waals surface area contributed by atoms with Crippen LogP contribution in [0.1, 0.15) is 11.1 Å². The van der Waals surface area contributed by atoms with Crippen molar-refractivity contribution < 1.29 is 4.79 Å². The zero-order valence-corrected chi connectivity index (χ0v) is 15.2. The molecule has 0 aliphatic carbocycles. The summed E-state index contributed by atoms with van der Waals surface area (Å²) in [5.41, 5.74) is 2.46. The van der Waals surface area contributed by atoms with Crippen molar-refractivity contribution in [2.45, 2.75) is 13.1 Å². The van der Waals surface area contributed by atoms with Gasteiger partial charge in [0, 0.05) is 51.9 Å². The molecule has 0 radical (unpaired) electrons. The quantitative estimate of drug-likeness (QED) is 0.762. The average Bonchev–Trinajstić information content (AvgIpc) is 2.56. The van der Waals surface area contributed by atoms with Crippen LogP contribution >= 0.6 is 0 Å². The number of hydrogen-bond donors (Lipinski definition) is 1. The van der Waals surface area contributed by atoms with Crippen LogP contribution in [0.5, 0.6) is 0 Å². The van der Waals surface area contributed by atoms with E-state index in [9.17, 15) is 4.79 Å². The third kappa shape index (κ3) is 6.83. The Morgan fingerprint density at radius 1 is 1.12 bits per heavy atom. The van der Waals surface area contributed by atoms with E-state index in [2.05, 4.69) is 46.4 Å². The van der Waals surface area contributed by atoms with Crippen molar-refractivity contribution in [3.63, 3.8) is 0 Å². The predicted octanol–water partition coefficient (Wildman–Crippen LogP) is 1.17. The van der Waals surface area contributed by atoms with E-state index in [-0.39, 0.29) is 5.91 Å². The van der Waals surface area contributed by atoms with Gasteiger partial charge in [-0.2, -0.15) is 0 Å². The molecule has 5 heteroatoms. The zero-order valence-electron chi connectivity index (χ0n) is 15.2. The Balaban J connectivity index is 1.73. The normalized spacial score (nSPS) is 16.8. The molecule has 0 bridgehead atoms. The first kappa shape index (κ1) is 18.6. The van der Waals surface area contributed by atoms with Crippen LogP contribution in [0.25, 0.3) is 0 Å². The molecule has 1 aromatic carbocycles. The molecule has 1 N–H and O–H groups in total. The van der Waals surface area contributed by atoms with Gasteiger partial charge in [-0.25, -0.2) is 0 Å². The molecule has 0 saturated carbocycles. The summed E-state index contributed by atoms with van der Waals surface area (Å²) in [6.07, 6.45) is 3.47. The van der Waals surface area contributed by atoms with Crippen molar-refractivity contribution in [3.8, 4) is 0 Å². The third-order valence-corrected chi connectivity index (χ3v) is 4.23. The predicted molar refractivity (Wildman–Crippen MR) is 98.8 cm³/mol. The van der Waals surface area contributed by atoms with Crippen molar-refractivity contribution in [1.29, 1.82) is 0 Å². The third-order valence-electron chi connectivity index (χ3n) is 4.23. The first-order chi connectivity index (χ1) is 11.5. The number of likely N-dealkylation sites (N-methyl/N-ethyl adjacent to an activating group) is 2. The van der Waals surface area contributed by atoms with Crippen molar-refractivity contribution in [1.82, 2.24) is 20.0 Å². The first-order valence-electron chi connectivity index (χ1n) is 8.61. The Morgan fingerprint density at radius 2 is 1.75 bits per heavy atom. The van der Waals surface area contributed by atoms with Crippen molar-refractivity contribution >= 4 is 5.91 Å². The summed E-state index contributed by atoms with van der Waals surface area (Å²) in [5.74, 6) is -0.0432. The SMILES string of the molecule is CN(C)C/C=C/C(=O)NCc1ccc(CN2CCN(C)CC2)cc1. The van der Waals surface area contributed by atoms with E-state index in [4.69, 9.17) is 0 Å². The van der Waals surface area contributed by atoms with Crippen LogP contribution in [0.2, 0.25) is 0 Å². The molecule has 5 nitrogen and oxygen atoms in total. The lowest BCUT2D eigenvalue weighted by atomic mass is 10.1. The molecular formula is C19H30N4O. The molecule has 1 amide bonds. The van der Waals surface area contributed by atoms with Crippen molar-refractivity contribution in [2.75, 3.05) is 53.9 Å². The first-order valence-corrected chi connectivity index (χ1v) is 8.61. The number of carbonyl (C=O) groups excluding carboxylic acids is 1. The minimum Gasteiger partial charge on any atom is -0.348 e. The molecule has 132 valence electrons. The van der Waals surface area contributed by atoms with Crippen LogP contribution in [-0.2, 0) is 17.9 Å². The standard InChI is InChI=1S/C19H30N4O/c1-21(2)10-4-5-19(24)20-15-17-6-8-18(9-7-17)16-23-13-11-22(3)12-14-23/h4-9H,10-16H2,1-3H3,(H,20,24)/b5-4+. The second-order valence-electron chi connectivity index (χ2n) is 6.78. The van der Waals surface area contributed by atoms with Crippen LogP contribution in [-0.4, -0.2) is 74.5 Å². The van der Waals surface area contributed by atoms with Gasteiger partial charge < -0.3 is 15.1 Å². The summed E-state index contributed by atoms with van der Waals surface area (Å²) >= 11 is 0. The average molecular weight is 330 g/mol. The molecule has 24 heavy (non-hydrogen) atoms. The molecule has 1 saturated heterocycles. The van der Waals surface area contributed by atoms with Gasteiger partial charge in [-0.3, -0.25) is 9.69 Å². The van der Waals surface area contributed by atoms with E-state index in [0.717, 1.165) is 44.8 Å². The summed E-state index contributed by atoms with van der Waals surface area (Å²) in [7, 11) is 6.13.